The summed E-state index contributed by atoms with van der Waals surface area (Å²) in [4.78, 5) is 0. The lowest BCUT2D eigenvalue weighted by molar-refractivity contribution is 0.422. The Balaban J connectivity index is 1.75. The summed E-state index contributed by atoms with van der Waals surface area (Å²) in [5.41, 5.74) is 5.06. The van der Waals surface area contributed by atoms with Gasteiger partial charge in [0.1, 0.15) is 0 Å². The van der Waals surface area contributed by atoms with Crippen LogP contribution < -0.4 is 5.32 Å². The summed E-state index contributed by atoms with van der Waals surface area (Å²) in [6.07, 6.45) is 0.906. The summed E-state index contributed by atoms with van der Waals surface area (Å²) < 4.78 is 2.98. The van der Waals surface area contributed by atoms with Crippen LogP contribution in [0.15, 0.2) is 46.9 Å². The fourth-order valence-electron chi connectivity index (χ4n) is 3.41. The lowest BCUT2D eigenvalue weighted by Gasteiger charge is -2.31. The van der Waals surface area contributed by atoms with Crippen LogP contribution in [0.4, 0.5) is 5.95 Å². The van der Waals surface area contributed by atoms with Gasteiger partial charge in [-0.05, 0) is 59.5 Å². The number of fused-ring (bicyclic) bond motifs is 1. The van der Waals surface area contributed by atoms with Crippen molar-refractivity contribution in [2.75, 3.05) is 5.32 Å². The molecule has 122 valence electrons. The molecule has 0 aliphatic carbocycles. The van der Waals surface area contributed by atoms with Gasteiger partial charge in [-0.15, -0.1) is 0 Å². The van der Waals surface area contributed by atoms with Gasteiger partial charge in [0.25, 0.3) is 0 Å². The molecular weight excluding hydrogens is 366 g/mol. The van der Waals surface area contributed by atoms with Gasteiger partial charge in [0.2, 0.25) is 5.95 Å². The third-order valence-corrected chi connectivity index (χ3v) is 5.14. The molecule has 1 aliphatic rings. The molecule has 0 saturated carbocycles. The average molecular weight is 384 g/mol. The van der Waals surface area contributed by atoms with Gasteiger partial charge in [-0.2, -0.15) is 0 Å². The quantitative estimate of drug-likeness (QED) is 0.720. The molecule has 0 amide bonds. The van der Waals surface area contributed by atoms with E-state index in [1.165, 1.54) is 22.3 Å². The molecule has 2 aromatic carbocycles. The summed E-state index contributed by atoms with van der Waals surface area (Å²) in [7, 11) is 0. The predicted octanol–water partition coefficient (Wildman–Crippen LogP) is 4.20. The van der Waals surface area contributed by atoms with Crippen LogP contribution in [0.5, 0.6) is 0 Å². The maximum atomic E-state index is 4.21. The minimum atomic E-state index is 0.130. The number of nitrogens with one attached hydrogen (secondary N) is 1. The van der Waals surface area contributed by atoms with E-state index in [-0.39, 0.29) is 12.1 Å². The Hall–Kier alpha value is -2.21. The van der Waals surface area contributed by atoms with Crippen LogP contribution in [-0.2, 0) is 0 Å². The summed E-state index contributed by atoms with van der Waals surface area (Å²) >= 11 is 3.50. The van der Waals surface area contributed by atoms with Crippen molar-refractivity contribution in [3.8, 4) is 0 Å². The minimum Gasteiger partial charge on any atom is -0.346 e. The zero-order valence-corrected chi connectivity index (χ0v) is 15.2. The second kappa shape index (κ2) is 6.02. The van der Waals surface area contributed by atoms with E-state index in [0.717, 1.165) is 16.8 Å². The number of rotatable bonds is 2. The second-order valence-corrected chi connectivity index (χ2v) is 7.22. The molecular formula is C18H18BrN5. The molecule has 24 heavy (non-hydrogen) atoms. The molecule has 2 atom stereocenters. The molecule has 2 heterocycles. The monoisotopic (exact) mass is 383 g/mol. The van der Waals surface area contributed by atoms with Gasteiger partial charge in [-0.25, -0.2) is 4.68 Å². The fourth-order valence-corrected chi connectivity index (χ4v) is 3.67. The minimum absolute atomic E-state index is 0.130. The van der Waals surface area contributed by atoms with E-state index in [2.05, 4.69) is 93.1 Å². The molecule has 6 heteroatoms. The first-order chi connectivity index (χ1) is 11.6. The van der Waals surface area contributed by atoms with Gasteiger partial charge in [-0.1, -0.05) is 56.9 Å². The van der Waals surface area contributed by atoms with E-state index in [1.54, 1.807) is 0 Å². The van der Waals surface area contributed by atoms with Gasteiger partial charge in [0.15, 0.2) is 0 Å². The fraction of sp³-hybridized carbons (Fsp3) is 0.278. The summed E-state index contributed by atoms with van der Waals surface area (Å²) in [5, 5.41) is 15.7. The molecule has 0 fully saturated rings. The number of aryl methyl sites for hydroxylation is 2. The second-order valence-electron chi connectivity index (χ2n) is 6.31. The summed E-state index contributed by atoms with van der Waals surface area (Å²) in [6, 6.07) is 15.3. The SMILES string of the molecule is Cc1ccc([C@@H]2C[C@@H](c3ccc(Br)cc3)Nc3nnnn32)c(C)c1. The largest absolute Gasteiger partial charge is 0.346 e. The molecule has 3 aromatic rings. The summed E-state index contributed by atoms with van der Waals surface area (Å²) in [6.45, 7) is 4.27. The van der Waals surface area contributed by atoms with Crippen molar-refractivity contribution in [3.63, 3.8) is 0 Å². The van der Waals surface area contributed by atoms with Gasteiger partial charge in [0, 0.05) is 4.47 Å². The zero-order chi connectivity index (χ0) is 16.7. The van der Waals surface area contributed by atoms with Crippen molar-refractivity contribution in [1.29, 1.82) is 0 Å². The zero-order valence-electron chi connectivity index (χ0n) is 13.6. The number of nitrogens with zero attached hydrogens (tertiary/aromatic N) is 4. The third-order valence-electron chi connectivity index (χ3n) is 4.61. The Morgan fingerprint density at radius 2 is 1.92 bits per heavy atom. The predicted molar refractivity (Wildman–Crippen MR) is 97.0 cm³/mol. The highest BCUT2D eigenvalue weighted by molar-refractivity contribution is 9.10. The average Bonchev–Trinajstić information content (AvgIpc) is 3.03. The number of benzene rings is 2. The standard InChI is InChI=1S/C18H18BrN5/c1-11-3-8-15(12(2)9-11)17-10-16(13-4-6-14(19)7-5-13)20-18-21-22-23-24(17)18/h3-9,16-17H,10H2,1-2H3,(H,20,21,23)/t16-,17-/m0/s1. The molecule has 0 radical (unpaired) electrons. The Bertz CT molecular complexity index is 871. The lowest BCUT2D eigenvalue weighted by Crippen LogP contribution is -2.28. The Morgan fingerprint density at radius 3 is 2.67 bits per heavy atom. The number of aromatic nitrogens is 4. The van der Waals surface area contributed by atoms with Crippen LogP contribution in [0.1, 0.15) is 40.8 Å². The molecule has 0 unspecified atom stereocenters. The van der Waals surface area contributed by atoms with Gasteiger partial charge < -0.3 is 5.32 Å². The number of anilines is 1. The van der Waals surface area contributed by atoms with Crippen molar-refractivity contribution in [1.82, 2.24) is 20.2 Å². The Morgan fingerprint density at radius 1 is 1.12 bits per heavy atom. The van der Waals surface area contributed by atoms with Crippen molar-refractivity contribution in [2.24, 2.45) is 0 Å². The van der Waals surface area contributed by atoms with Crippen LogP contribution >= 0.6 is 15.9 Å². The van der Waals surface area contributed by atoms with Crippen LogP contribution in [0.3, 0.4) is 0 Å². The molecule has 4 rings (SSSR count). The summed E-state index contributed by atoms with van der Waals surface area (Å²) in [5.74, 6) is 0.721. The third kappa shape index (κ3) is 2.71. The van der Waals surface area contributed by atoms with Crippen LogP contribution in [0, 0.1) is 13.8 Å². The molecule has 0 spiro atoms. The normalized spacial score (nSPS) is 19.6. The first kappa shape index (κ1) is 15.3. The van der Waals surface area contributed by atoms with Crippen LogP contribution in [-0.4, -0.2) is 20.2 Å². The number of hydrogen-bond acceptors (Lipinski definition) is 4. The molecule has 1 N–H and O–H groups in total. The topological polar surface area (TPSA) is 55.6 Å². The van der Waals surface area contributed by atoms with Crippen molar-refractivity contribution < 1.29 is 0 Å². The molecule has 0 bridgehead atoms. The van der Waals surface area contributed by atoms with Gasteiger partial charge >= 0.3 is 0 Å². The highest BCUT2D eigenvalue weighted by Crippen LogP contribution is 2.38. The molecule has 1 aliphatic heterocycles. The maximum Gasteiger partial charge on any atom is 0.243 e. The first-order valence-corrected chi connectivity index (χ1v) is 8.78. The van der Waals surface area contributed by atoms with E-state index in [4.69, 9.17) is 0 Å². The van der Waals surface area contributed by atoms with E-state index in [0.29, 0.717) is 0 Å². The smallest absolute Gasteiger partial charge is 0.243 e. The van der Waals surface area contributed by atoms with Crippen LogP contribution in [0.2, 0.25) is 0 Å². The van der Waals surface area contributed by atoms with E-state index >= 15 is 0 Å². The van der Waals surface area contributed by atoms with E-state index < -0.39 is 0 Å². The Labute approximate surface area is 149 Å². The van der Waals surface area contributed by atoms with Gasteiger partial charge in [-0.3, -0.25) is 0 Å². The van der Waals surface area contributed by atoms with Crippen molar-refractivity contribution >= 4 is 21.9 Å². The van der Waals surface area contributed by atoms with E-state index in [9.17, 15) is 0 Å². The van der Waals surface area contributed by atoms with E-state index in [1.807, 2.05) is 4.68 Å². The molecule has 1 aromatic heterocycles. The number of tetrazole rings is 1. The maximum absolute atomic E-state index is 4.21. The Kier molecular flexibility index (Phi) is 3.84. The molecule has 5 nitrogen and oxygen atoms in total. The first-order valence-electron chi connectivity index (χ1n) is 7.99. The lowest BCUT2D eigenvalue weighted by atomic mass is 9.90. The highest BCUT2D eigenvalue weighted by atomic mass is 79.9. The van der Waals surface area contributed by atoms with Crippen molar-refractivity contribution in [3.05, 3.63) is 69.2 Å². The number of hydrogen-bond donors (Lipinski definition) is 1. The van der Waals surface area contributed by atoms with Gasteiger partial charge in [0.05, 0.1) is 12.1 Å². The molecule has 0 saturated heterocycles. The highest BCUT2D eigenvalue weighted by Gasteiger charge is 2.31. The van der Waals surface area contributed by atoms with Crippen LogP contribution in [0.25, 0.3) is 0 Å². The number of halogens is 1. The van der Waals surface area contributed by atoms with Crippen molar-refractivity contribution in [2.45, 2.75) is 32.4 Å².